The summed E-state index contributed by atoms with van der Waals surface area (Å²) in [5.41, 5.74) is 0.470. The van der Waals surface area contributed by atoms with E-state index in [1.807, 2.05) is 0 Å². The number of piperidine rings is 1. The van der Waals surface area contributed by atoms with E-state index in [1.54, 1.807) is 0 Å². The van der Waals surface area contributed by atoms with Crippen LogP contribution in [0.2, 0.25) is 0 Å². The molecule has 3 rings (SSSR count). The molecule has 0 aromatic rings. The Kier molecular flexibility index (Phi) is 3.18. The number of hydrogen-bond acceptors (Lipinski definition) is 3. The maximum absolute atomic E-state index is 3.47. The third kappa shape index (κ3) is 2.51. The van der Waals surface area contributed by atoms with Gasteiger partial charge in [0.2, 0.25) is 0 Å². The lowest BCUT2D eigenvalue weighted by molar-refractivity contribution is -0.00225. The lowest BCUT2D eigenvalue weighted by Crippen LogP contribution is -2.59. The number of likely N-dealkylation sites (tertiary alicyclic amines) is 1. The Morgan fingerprint density at radius 2 is 1.65 bits per heavy atom. The van der Waals surface area contributed by atoms with Crippen molar-refractivity contribution in [3.63, 3.8) is 0 Å². The summed E-state index contributed by atoms with van der Waals surface area (Å²) in [5.74, 6) is 0. The molecular weight excluding hydrogens is 210 g/mol. The first-order valence-corrected chi connectivity index (χ1v) is 7.36. The minimum absolute atomic E-state index is 0.470. The van der Waals surface area contributed by atoms with E-state index in [0.29, 0.717) is 5.41 Å². The number of nitrogens with one attached hydrogen (secondary N) is 1. The lowest BCUT2D eigenvalue weighted by Gasteiger charge is -2.50. The van der Waals surface area contributed by atoms with Crippen LogP contribution in [-0.2, 0) is 0 Å². The molecule has 0 amide bonds. The molecule has 2 saturated heterocycles. The molecule has 0 bridgehead atoms. The fourth-order valence-electron chi connectivity index (χ4n) is 3.81. The highest BCUT2D eigenvalue weighted by molar-refractivity contribution is 4.98. The van der Waals surface area contributed by atoms with E-state index in [9.17, 15) is 0 Å². The maximum Gasteiger partial charge on any atom is 0.0172 e. The van der Waals surface area contributed by atoms with Crippen molar-refractivity contribution >= 4 is 0 Å². The number of nitrogens with zero attached hydrogens (tertiary/aromatic N) is 2. The normalized spacial score (nSPS) is 36.0. The predicted octanol–water partition coefficient (Wildman–Crippen LogP) is 1.15. The van der Waals surface area contributed by atoms with Crippen molar-refractivity contribution in [2.24, 2.45) is 5.41 Å². The van der Waals surface area contributed by atoms with E-state index in [-0.39, 0.29) is 0 Å². The molecule has 0 aromatic carbocycles. The Labute approximate surface area is 106 Å². The van der Waals surface area contributed by atoms with Gasteiger partial charge in [-0.05, 0) is 31.2 Å². The third-order valence-electron chi connectivity index (χ3n) is 4.86. The second-order valence-corrected chi connectivity index (χ2v) is 6.78. The quantitative estimate of drug-likeness (QED) is 0.777. The summed E-state index contributed by atoms with van der Waals surface area (Å²) in [4.78, 5) is 5.49. The first-order chi connectivity index (χ1) is 8.17. The molecule has 3 heteroatoms. The summed E-state index contributed by atoms with van der Waals surface area (Å²) in [7, 11) is 0. The summed E-state index contributed by atoms with van der Waals surface area (Å²) in [6.07, 6.45) is 4.28. The van der Waals surface area contributed by atoms with E-state index >= 15 is 0 Å². The summed E-state index contributed by atoms with van der Waals surface area (Å²) in [5, 5.41) is 3.47. The van der Waals surface area contributed by atoms with Crippen LogP contribution in [0.3, 0.4) is 0 Å². The smallest absolute Gasteiger partial charge is 0.0172 e. The first-order valence-electron chi connectivity index (χ1n) is 7.36. The molecule has 2 heterocycles. The molecule has 3 aliphatic rings. The lowest BCUT2D eigenvalue weighted by atomic mass is 9.78. The fraction of sp³-hybridized carbons (Fsp3) is 1.00. The van der Waals surface area contributed by atoms with Crippen LogP contribution in [0.4, 0.5) is 0 Å². The van der Waals surface area contributed by atoms with Gasteiger partial charge >= 0.3 is 0 Å². The SMILES string of the molecule is CC1(C)CN(C2CC2)CCC1N1CCNCC1. The van der Waals surface area contributed by atoms with Crippen LogP contribution in [-0.4, -0.2) is 61.2 Å². The van der Waals surface area contributed by atoms with Gasteiger partial charge in [0, 0.05) is 44.8 Å². The van der Waals surface area contributed by atoms with Crippen LogP contribution in [0.5, 0.6) is 0 Å². The minimum atomic E-state index is 0.470. The third-order valence-corrected chi connectivity index (χ3v) is 4.86. The number of hydrogen-bond donors (Lipinski definition) is 1. The summed E-state index contributed by atoms with van der Waals surface area (Å²) >= 11 is 0. The molecule has 3 fully saturated rings. The molecule has 1 atom stereocenters. The van der Waals surface area contributed by atoms with Crippen molar-refractivity contribution in [2.75, 3.05) is 39.3 Å². The van der Waals surface area contributed by atoms with Gasteiger partial charge in [-0.15, -0.1) is 0 Å². The topological polar surface area (TPSA) is 18.5 Å². The Balaban J connectivity index is 1.64. The molecule has 0 aromatic heterocycles. The van der Waals surface area contributed by atoms with Crippen molar-refractivity contribution in [3.05, 3.63) is 0 Å². The number of piperazine rings is 1. The van der Waals surface area contributed by atoms with Crippen molar-refractivity contribution < 1.29 is 0 Å². The summed E-state index contributed by atoms with van der Waals surface area (Å²) in [6.45, 7) is 12.5. The van der Waals surface area contributed by atoms with Crippen LogP contribution in [0, 0.1) is 5.41 Å². The van der Waals surface area contributed by atoms with Crippen molar-refractivity contribution in [2.45, 2.75) is 45.2 Å². The van der Waals surface area contributed by atoms with Gasteiger partial charge in [0.1, 0.15) is 0 Å². The molecule has 1 unspecified atom stereocenters. The molecule has 0 spiro atoms. The van der Waals surface area contributed by atoms with Gasteiger partial charge in [0.05, 0.1) is 0 Å². The highest BCUT2D eigenvalue weighted by Gasteiger charge is 2.43. The summed E-state index contributed by atoms with van der Waals surface area (Å²) in [6, 6.07) is 1.75. The van der Waals surface area contributed by atoms with Crippen molar-refractivity contribution in [3.8, 4) is 0 Å². The maximum atomic E-state index is 3.47. The molecule has 1 saturated carbocycles. The van der Waals surface area contributed by atoms with Gasteiger partial charge in [-0.25, -0.2) is 0 Å². The van der Waals surface area contributed by atoms with Gasteiger partial charge in [-0.3, -0.25) is 9.80 Å². The van der Waals surface area contributed by atoms with Crippen LogP contribution in [0.15, 0.2) is 0 Å². The molecule has 2 aliphatic heterocycles. The molecule has 1 N–H and O–H groups in total. The van der Waals surface area contributed by atoms with Gasteiger partial charge in [0.15, 0.2) is 0 Å². The fourth-order valence-corrected chi connectivity index (χ4v) is 3.81. The highest BCUT2D eigenvalue weighted by atomic mass is 15.3. The Hall–Kier alpha value is -0.120. The zero-order valence-electron chi connectivity index (χ0n) is 11.4. The van der Waals surface area contributed by atoms with E-state index in [4.69, 9.17) is 0 Å². The van der Waals surface area contributed by atoms with Gasteiger partial charge < -0.3 is 5.32 Å². The Bertz CT molecular complexity index is 267. The Morgan fingerprint density at radius 1 is 0.941 bits per heavy atom. The predicted molar refractivity (Wildman–Crippen MR) is 71.2 cm³/mol. The van der Waals surface area contributed by atoms with Gasteiger partial charge in [-0.1, -0.05) is 13.8 Å². The van der Waals surface area contributed by atoms with E-state index < -0.39 is 0 Å². The molecule has 17 heavy (non-hydrogen) atoms. The average Bonchev–Trinajstić information content (AvgIpc) is 3.12. The van der Waals surface area contributed by atoms with Gasteiger partial charge in [-0.2, -0.15) is 0 Å². The van der Waals surface area contributed by atoms with Crippen LogP contribution < -0.4 is 5.32 Å². The highest BCUT2D eigenvalue weighted by Crippen LogP contribution is 2.38. The molecule has 3 nitrogen and oxygen atoms in total. The van der Waals surface area contributed by atoms with E-state index in [0.717, 1.165) is 12.1 Å². The van der Waals surface area contributed by atoms with Crippen LogP contribution >= 0.6 is 0 Å². The molecule has 0 radical (unpaired) electrons. The van der Waals surface area contributed by atoms with Crippen molar-refractivity contribution in [1.29, 1.82) is 0 Å². The first kappa shape index (κ1) is 11.9. The second kappa shape index (κ2) is 4.52. The molecule has 98 valence electrons. The molecule has 1 aliphatic carbocycles. The van der Waals surface area contributed by atoms with Gasteiger partial charge in [0.25, 0.3) is 0 Å². The van der Waals surface area contributed by atoms with E-state index in [2.05, 4.69) is 29.0 Å². The van der Waals surface area contributed by atoms with Crippen LogP contribution in [0.25, 0.3) is 0 Å². The average molecular weight is 237 g/mol. The Morgan fingerprint density at radius 3 is 2.24 bits per heavy atom. The number of rotatable bonds is 2. The summed E-state index contributed by atoms with van der Waals surface area (Å²) < 4.78 is 0. The molecular formula is C14H27N3. The standard InChI is InChI=1S/C14H27N3/c1-14(2)11-17(12-3-4-12)8-5-13(14)16-9-6-15-7-10-16/h12-13,15H,3-11H2,1-2H3. The monoisotopic (exact) mass is 237 g/mol. The second-order valence-electron chi connectivity index (χ2n) is 6.78. The van der Waals surface area contributed by atoms with Crippen molar-refractivity contribution in [1.82, 2.24) is 15.1 Å². The van der Waals surface area contributed by atoms with Crippen LogP contribution in [0.1, 0.15) is 33.1 Å². The largest absolute Gasteiger partial charge is 0.314 e. The van der Waals surface area contributed by atoms with E-state index in [1.165, 1.54) is 58.5 Å². The minimum Gasteiger partial charge on any atom is -0.314 e. The zero-order chi connectivity index (χ0) is 11.9. The zero-order valence-corrected chi connectivity index (χ0v) is 11.4.